The van der Waals surface area contributed by atoms with Crippen molar-refractivity contribution >= 4 is 43.9 Å². The van der Waals surface area contributed by atoms with Gasteiger partial charge in [0.25, 0.3) is 0 Å². The standard InChI is InChI=1S/C51H31N3O2/c1-4-13-32(14-5-1)37-27-38(33-15-6-2-7-16-33)29-39(28-37)40-20-12-22-45-48(40)43-26-24-36(31-47(43)56-45)51-53-49(34-17-8-3-9-18-34)52-50(54-51)35-23-25-42-41-19-10-11-21-44(41)55-46(42)30-35/h1-31H/i1D,2D,4D,5D,6D,7D,12D,13D,14D,15D,16D,20D,22D,24D,26D,27D,28D,29D,31D. The van der Waals surface area contributed by atoms with Crippen molar-refractivity contribution in [2.45, 2.75) is 0 Å². The van der Waals surface area contributed by atoms with Crippen molar-refractivity contribution in [1.82, 2.24) is 15.0 Å². The molecule has 0 saturated carbocycles. The van der Waals surface area contributed by atoms with Gasteiger partial charge in [-0.05, 0) is 87.8 Å². The van der Waals surface area contributed by atoms with E-state index in [1.807, 2.05) is 30.3 Å². The van der Waals surface area contributed by atoms with Crippen LogP contribution in [0, 0.1) is 0 Å². The van der Waals surface area contributed by atoms with Crippen LogP contribution in [-0.2, 0) is 0 Å². The summed E-state index contributed by atoms with van der Waals surface area (Å²) < 4.78 is 183. The highest BCUT2D eigenvalue weighted by atomic mass is 16.3. The lowest BCUT2D eigenvalue weighted by atomic mass is 9.91. The Morgan fingerprint density at radius 3 is 1.73 bits per heavy atom. The van der Waals surface area contributed by atoms with Gasteiger partial charge in [-0.3, -0.25) is 0 Å². The van der Waals surface area contributed by atoms with Gasteiger partial charge in [0, 0.05) is 38.2 Å². The number of benzene rings is 8. The summed E-state index contributed by atoms with van der Waals surface area (Å²) in [6.07, 6.45) is 0. The van der Waals surface area contributed by atoms with Crippen molar-refractivity contribution in [3.63, 3.8) is 0 Å². The van der Waals surface area contributed by atoms with Gasteiger partial charge in [0.05, 0.1) is 26.0 Å². The number of rotatable bonds is 6. The molecule has 0 unspecified atom stereocenters. The second kappa shape index (κ2) is 13.0. The number of hydrogen-bond acceptors (Lipinski definition) is 5. The molecule has 0 fully saturated rings. The van der Waals surface area contributed by atoms with Crippen LogP contribution in [0.4, 0.5) is 0 Å². The molecule has 0 saturated heterocycles. The van der Waals surface area contributed by atoms with Crippen LogP contribution in [0.2, 0.25) is 0 Å². The maximum atomic E-state index is 9.73. The molecular formula is C51H31N3O2. The van der Waals surface area contributed by atoms with Crippen molar-refractivity contribution in [2.75, 3.05) is 0 Å². The summed E-state index contributed by atoms with van der Waals surface area (Å²) in [5, 5.41) is 0.832. The summed E-state index contributed by atoms with van der Waals surface area (Å²) in [7, 11) is 0. The number of aromatic nitrogens is 3. The highest BCUT2D eigenvalue weighted by molar-refractivity contribution is 6.13. The van der Waals surface area contributed by atoms with Crippen molar-refractivity contribution < 1.29 is 34.9 Å². The Labute approximate surface area is 348 Å². The zero-order chi connectivity index (χ0) is 53.5. The molecule has 0 amide bonds. The van der Waals surface area contributed by atoms with Gasteiger partial charge in [-0.2, -0.15) is 0 Å². The summed E-state index contributed by atoms with van der Waals surface area (Å²) in [5.74, 6) is -0.0294. The Balaban J connectivity index is 1.24. The third-order valence-electron chi connectivity index (χ3n) is 9.10. The fraction of sp³-hybridized carbons (Fsp3) is 0. The second-order valence-corrected chi connectivity index (χ2v) is 12.5. The molecular weight excluding hydrogens is 687 g/mol. The Morgan fingerprint density at radius 1 is 0.357 bits per heavy atom. The van der Waals surface area contributed by atoms with Crippen LogP contribution in [0.1, 0.15) is 26.0 Å². The lowest BCUT2D eigenvalue weighted by molar-refractivity contribution is 0.668. The normalized spacial score (nSPS) is 16.3. The summed E-state index contributed by atoms with van der Waals surface area (Å²) in [6.45, 7) is 0. The molecule has 56 heavy (non-hydrogen) atoms. The first-order chi connectivity index (χ1) is 35.7. The lowest BCUT2D eigenvalue weighted by Gasteiger charge is -2.12. The molecule has 3 heterocycles. The van der Waals surface area contributed by atoms with Crippen LogP contribution in [-0.4, -0.2) is 15.0 Å². The molecule has 0 N–H and O–H groups in total. The maximum Gasteiger partial charge on any atom is 0.164 e. The first-order valence-electron chi connectivity index (χ1n) is 26.6. The first kappa shape index (κ1) is 18.1. The summed E-state index contributed by atoms with van der Waals surface area (Å²) in [5.41, 5.74) is -3.75. The van der Waals surface area contributed by atoms with E-state index in [9.17, 15) is 9.60 Å². The van der Waals surface area contributed by atoms with Gasteiger partial charge in [-0.1, -0.05) is 133 Å². The van der Waals surface area contributed by atoms with Gasteiger partial charge in [0.1, 0.15) is 22.3 Å². The third-order valence-corrected chi connectivity index (χ3v) is 9.10. The molecule has 0 aliphatic rings. The molecule has 0 atom stereocenters. The monoisotopic (exact) mass is 736 g/mol. The molecule has 11 rings (SSSR count). The van der Waals surface area contributed by atoms with Crippen LogP contribution in [0.15, 0.2) is 196 Å². The minimum Gasteiger partial charge on any atom is -0.456 e. The second-order valence-electron chi connectivity index (χ2n) is 12.5. The molecule has 0 aliphatic carbocycles. The van der Waals surface area contributed by atoms with Gasteiger partial charge in [0.15, 0.2) is 17.5 Å². The maximum absolute atomic E-state index is 9.73. The summed E-state index contributed by atoms with van der Waals surface area (Å²) >= 11 is 0. The number of nitrogens with zero attached hydrogens (tertiary/aromatic N) is 3. The predicted octanol–water partition coefficient (Wildman–Crippen LogP) is 13.7. The average Bonchev–Trinajstić information content (AvgIpc) is 4.03. The van der Waals surface area contributed by atoms with E-state index in [2.05, 4.69) is 4.98 Å². The lowest BCUT2D eigenvalue weighted by Crippen LogP contribution is -2.00. The average molecular weight is 737 g/mol. The van der Waals surface area contributed by atoms with Crippen molar-refractivity contribution in [3.05, 3.63) is 188 Å². The first-order valence-corrected chi connectivity index (χ1v) is 17.1. The van der Waals surface area contributed by atoms with E-state index in [4.69, 9.17) is 35.3 Å². The van der Waals surface area contributed by atoms with E-state index in [1.54, 1.807) is 42.5 Å². The predicted molar refractivity (Wildman–Crippen MR) is 227 cm³/mol. The van der Waals surface area contributed by atoms with Crippen LogP contribution in [0.3, 0.4) is 0 Å². The Bertz CT molecular complexity index is 4210. The highest BCUT2D eigenvalue weighted by Gasteiger charge is 2.18. The van der Waals surface area contributed by atoms with Crippen molar-refractivity contribution in [3.8, 4) is 67.5 Å². The summed E-state index contributed by atoms with van der Waals surface area (Å²) in [4.78, 5) is 14.2. The van der Waals surface area contributed by atoms with Crippen molar-refractivity contribution in [1.29, 1.82) is 0 Å². The van der Waals surface area contributed by atoms with Crippen LogP contribution >= 0.6 is 0 Å². The van der Waals surface area contributed by atoms with E-state index in [0.717, 1.165) is 10.8 Å². The molecule has 0 radical (unpaired) electrons. The SMILES string of the molecule is [2H]c1c([2H])c([2H])c(-c2c([2H])c(-c3c([2H])c([2H])c([2H])c([2H])c3[2H])c([2H])c(-c3c([2H])c([2H])c([2H])c4oc5c([2H])c(-c6nc(-c7ccccc7)nc(-c7ccc8c(c7)oc7ccccc78)n6)c([2H])c([2H])c5c34)c2[2H])c([2H])c1[2H]. The minimum absolute atomic E-state index is 0.0956. The van der Waals surface area contributed by atoms with E-state index < -0.39 is 170 Å². The molecule has 262 valence electrons. The number of para-hydroxylation sites is 1. The highest BCUT2D eigenvalue weighted by Crippen LogP contribution is 2.41. The quantitative estimate of drug-likeness (QED) is 0.170. The fourth-order valence-corrected chi connectivity index (χ4v) is 6.54. The van der Waals surface area contributed by atoms with Gasteiger partial charge in [-0.25, -0.2) is 15.0 Å². The Morgan fingerprint density at radius 2 is 0.982 bits per heavy atom. The molecule has 0 spiro atoms. The van der Waals surface area contributed by atoms with Crippen LogP contribution < -0.4 is 0 Å². The number of fused-ring (bicyclic) bond motifs is 6. The number of furan rings is 2. The van der Waals surface area contributed by atoms with E-state index in [-0.39, 0.29) is 23.0 Å². The Hall–Kier alpha value is -7.63. The van der Waals surface area contributed by atoms with Gasteiger partial charge >= 0.3 is 0 Å². The largest absolute Gasteiger partial charge is 0.456 e. The zero-order valence-corrected chi connectivity index (χ0v) is 28.6. The number of hydrogen-bond donors (Lipinski definition) is 0. The fourth-order valence-electron chi connectivity index (χ4n) is 6.54. The molecule has 0 bridgehead atoms. The molecule has 0 aliphatic heterocycles. The Kier molecular flexibility index (Phi) is 4.22. The van der Waals surface area contributed by atoms with Crippen LogP contribution in [0.25, 0.3) is 111 Å². The smallest absolute Gasteiger partial charge is 0.164 e. The van der Waals surface area contributed by atoms with Crippen LogP contribution in [0.5, 0.6) is 0 Å². The van der Waals surface area contributed by atoms with Gasteiger partial charge in [0.2, 0.25) is 0 Å². The molecule has 11 aromatic rings. The summed E-state index contributed by atoms with van der Waals surface area (Å²) in [6, 6.07) is 5.28. The topological polar surface area (TPSA) is 65.0 Å². The third kappa shape index (κ3) is 5.53. The zero-order valence-electron chi connectivity index (χ0n) is 47.6. The molecule has 5 heteroatoms. The molecule has 3 aromatic heterocycles. The van der Waals surface area contributed by atoms with E-state index in [0.29, 0.717) is 22.3 Å². The van der Waals surface area contributed by atoms with Crippen molar-refractivity contribution in [2.24, 2.45) is 0 Å². The van der Waals surface area contributed by atoms with E-state index in [1.165, 1.54) is 0 Å². The molecule has 5 nitrogen and oxygen atoms in total. The minimum atomic E-state index is -0.967. The van der Waals surface area contributed by atoms with E-state index >= 15 is 0 Å². The van der Waals surface area contributed by atoms with Gasteiger partial charge in [-0.15, -0.1) is 0 Å². The molecule has 8 aromatic carbocycles. The van der Waals surface area contributed by atoms with Gasteiger partial charge < -0.3 is 8.83 Å².